The van der Waals surface area contributed by atoms with Gasteiger partial charge in [0.1, 0.15) is 6.29 Å². The fraction of sp³-hybridized carbons (Fsp3) is 0.875. The summed E-state index contributed by atoms with van der Waals surface area (Å²) in [7, 11) is 0. The standard InChI is InChI=1S/C8H12F3NO2/c1-6(5-13)12-2-3-14-7(4-12)8(9,10)11/h5-7H,2-4H2,1H3. The van der Waals surface area contributed by atoms with Crippen LogP contribution in [0.3, 0.4) is 0 Å². The number of ether oxygens (including phenoxy) is 1. The highest BCUT2D eigenvalue weighted by Gasteiger charge is 2.43. The number of rotatable bonds is 2. The molecule has 2 unspecified atom stereocenters. The highest BCUT2D eigenvalue weighted by Crippen LogP contribution is 2.26. The molecule has 82 valence electrons. The summed E-state index contributed by atoms with van der Waals surface area (Å²) < 4.78 is 41.3. The van der Waals surface area contributed by atoms with E-state index in [4.69, 9.17) is 0 Å². The number of halogens is 3. The van der Waals surface area contributed by atoms with Crippen LogP contribution >= 0.6 is 0 Å². The third-order valence-corrected chi connectivity index (χ3v) is 2.24. The monoisotopic (exact) mass is 211 g/mol. The summed E-state index contributed by atoms with van der Waals surface area (Å²) in [4.78, 5) is 11.9. The normalized spacial score (nSPS) is 27.3. The lowest BCUT2D eigenvalue weighted by Crippen LogP contribution is -2.52. The zero-order valence-electron chi connectivity index (χ0n) is 7.75. The minimum absolute atomic E-state index is 0.0162. The quantitative estimate of drug-likeness (QED) is 0.634. The molecule has 0 amide bonds. The summed E-state index contributed by atoms with van der Waals surface area (Å²) in [6, 6.07) is -0.483. The lowest BCUT2D eigenvalue weighted by atomic mass is 10.2. The number of carbonyl (C=O) groups excluding carboxylic acids is 1. The minimum Gasteiger partial charge on any atom is -0.366 e. The van der Waals surface area contributed by atoms with Crippen molar-refractivity contribution < 1.29 is 22.7 Å². The van der Waals surface area contributed by atoms with E-state index in [0.717, 1.165) is 0 Å². The number of carbonyl (C=O) groups is 1. The van der Waals surface area contributed by atoms with Gasteiger partial charge in [-0.25, -0.2) is 0 Å². The van der Waals surface area contributed by atoms with Gasteiger partial charge in [-0.15, -0.1) is 0 Å². The van der Waals surface area contributed by atoms with Gasteiger partial charge in [-0.1, -0.05) is 0 Å². The van der Waals surface area contributed by atoms with Gasteiger partial charge in [-0.05, 0) is 6.92 Å². The minimum atomic E-state index is -4.35. The third-order valence-electron chi connectivity index (χ3n) is 2.24. The van der Waals surface area contributed by atoms with Crippen LogP contribution in [0.4, 0.5) is 13.2 Å². The first-order chi connectivity index (χ1) is 6.45. The van der Waals surface area contributed by atoms with Crippen LogP contribution in [-0.4, -0.2) is 49.2 Å². The van der Waals surface area contributed by atoms with E-state index in [0.29, 0.717) is 12.8 Å². The first kappa shape index (κ1) is 11.5. The number of aldehydes is 1. The molecular formula is C8H12F3NO2. The first-order valence-corrected chi connectivity index (χ1v) is 4.33. The van der Waals surface area contributed by atoms with Gasteiger partial charge < -0.3 is 9.53 Å². The van der Waals surface area contributed by atoms with Crippen molar-refractivity contribution in [3.8, 4) is 0 Å². The molecule has 0 aromatic heterocycles. The molecule has 3 nitrogen and oxygen atoms in total. The second-order valence-corrected chi connectivity index (χ2v) is 3.27. The lowest BCUT2D eigenvalue weighted by molar-refractivity contribution is -0.238. The highest BCUT2D eigenvalue weighted by molar-refractivity contribution is 5.56. The molecule has 1 aliphatic heterocycles. The number of alkyl halides is 3. The maximum atomic E-state index is 12.2. The summed E-state index contributed by atoms with van der Waals surface area (Å²) in [6.45, 7) is 1.70. The van der Waals surface area contributed by atoms with E-state index in [1.54, 1.807) is 6.92 Å². The topological polar surface area (TPSA) is 29.5 Å². The SMILES string of the molecule is CC(C=O)N1CCOC(C(F)(F)F)C1. The van der Waals surface area contributed by atoms with E-state index in [9.17, 15) is 18.0 Å². The second kappa shape index (κ2) is 4.27. The third kappa shape index (κ3) is 2.68. The maximum Gasteiger partial charge on any atom is 0.415 e. The van der Waals surface area contributed by atoms with Crippen LogP contribution in [0.2, 0.25) is 0 Å². The predicted octanol–water partition coefficient (Wildman–Crippen LogP) is 0.837. The van der Waals surface area contributed by atoms with Crippen LogP contribution in [0.25, 0.3) is 0 Å². The van der Waals surface area contributed by atoms with Gasteiger partial charge in [0, 0.05) is 13.1 Å². The van der Waals surface area contributed by atoms with Crippen LogP contribution in [0.1, 0.15) is 6.92 Å². The van der Waals surface area contributed by atoms with Crippen molar-refractivity contribution in [1.82, 2.24) is 4.90 Å². The molecule has 0 spiro atoms. The number of hydrogen-bond acceptors (Lipinski definition) is 3. The van der Waals surface area contributed by atoms with E-state index in [-0.39, 0.29) is 13.2 Å². The number of nitrogens with zero attached hydrogens (tertiary/aromatic N) is 1. The molecular weight excluding hydrogens is 199 g/mol. The predicted molar refractivity (Wildman–Crippen MR) is 42.9 cm³/mol. The van der Waals surface area contributed by atoms with Gasteiger partial charge in [0.2, 0.25) is 0 Å². The Labute approximate surface area is 79.8 Å². The Bertz CT molecular complexity index is 207. The van der Waals surface area contributed by atoms with Gasteiger partial charge in [-0.2, -0.15) is 13.2 Å². The van der Waals surface area contributed by atoms with Crippen molar-refractivity contribution >= 4 is 6.29 Å². The number of morpholine rings is 1. The molecule has 0 aliphatic carbocycles. The molecule has 6 heteroatoms. The van der Waals surface area contributed by atoms with Crippen LogP contribution in [0.5, 0.6) is 0 Å². The molecule has 0 aromatic rings. The summed E-state index contributed by atoms with van der Waals surface area (Å²) in [5, 5.41) is 0. The van der Waals surface area contributed by atoms with E-state index >= 15 is 0 Å². The van der Waals surface area contributed by atoms with Crippen LogP contribution in [0, 0.1) is 0 Å². The highest BCUT2D eigenvalue weighted by atomic mass is 19.4. The van der Waals surface area contributed by atoms with Gasteiger partial charge >= 0.3 is 6.18 Å². The molecule has 0 aromatic carbocycles. The molecule has 0 N–H and O–H groups in total. The Kier molecular flexibility index (Phi) is 3.49. The molecule has 0 bridgehead atoms. The smallest absolute Gasteiger partial charge is 0.366 e. The van der Waals surface area contributed by atoms with Gasteiger partial charge in [0.05, 0.1) is 12.6 Å². The fourth-order valence-corrected chi connectivity index (χ4v) is 1.32. The Morgan fingerprint density at radius 3 is 2.71 bits per heavy atom. The summed E-state index contributed by atoms with van der Waals surface area (Å²) >= 11 is 0. The van der Waals surface area contributed by atoms with E-state index in [1.807, 2.05) is 0 Å². The van der Waals surface area contributed by atoms with Gasteiger partial charge in [0.25, 0.3) is 0 Å². The first-order valence-electron chi connectivity index (χ1n) is 4.33. The van der Waals surface area contributed by atoms with Crippen molar-refractivity contribution in [2.45, 2.75) is 25.2 Å². The molecule has 1 heterocycles. The molecule has 14 heavy (non-hydrogen) atoms. The average molecular weight is 211 g/mol. The van der Waals surface area contributed by atoms with Crippen molar-refractivity contribution in [2.24, 2.45) is 0 Å². The lowest BCUT2D eigenvalue weighted by Gasteiger charge is -2.35. The molecule has 0 saturated carbocycles. The zero-order chi connectivity index (χ0) is 10.8. The van der Waals surface area contributed by atoms with Crippen LogP contribution < -0.4 is 0 Å². The Balaban J connectivity index is 2.56. The Morgan fingerprint density at radius 2 is 2.21 bits per heavy atom. The largest absolute Gasteiger partial charge is 0.415 e. The molecule has 1 saturated heterocycles. The van der Waals surface area contributed by atoms with E-state index in [1.165, 1.54) is 4.90 Å². The van der Waals surface area contributed by atoms with Crippen LogP contribution in [-0.2, 0) is 9.53 Å². The fourth-order valence-electron chi connectivity index (χ4n) is 1.32. The van der Waals surface area contributed by atoms with Crippen molar-refractivity contribution in [3.63, 3.8) is 0 Å². The van der Waals surface area contributed by atoms with Crippen molar-refractivity contribution in [1.29, 1.82) is 0 Å². The molecule has 2 atom stereocenters. The summed E-state index contributed by atoms with van der Waals surface area (Å²) in [5.41, 5.74) is 0. The molecule has 1 rings (SSSR count). The van der Waals surface area contributed by atoms with Crippen molar-refractivity contribution in [2.75, 3.05) is 19.7 Å². The molecule has 1 aliphatic rings. The van der Waals surface area contributed by atoms with Gasteiger partial charge in [0.15, 0.2) is 6.10 Å². The zero-order valence-corrected chi connectivity index (χ0v) is 7.75. The van der Waals surface area contributed by atoms with E-state index in [2.05, 4.69) is 4.74 Å². The molecule has 0 radical (unpaired) electrons. The second-order valence-electron chi connectivity index (χ2n) is 3.27. The van der Waals surface area contributed by atoms with E-state index < -0.39 is 18.3 Å². The Hall–Kier alpha value is -0.620. The van der Waals surface area contributed by atoms with Crippen LogP contribution in [0.15, 0.2) is 0 Å². The maximum absolute atomic E-state index is 12.2. The average Bonchev–Trinajstić information content (AvgIpc) is 2.15. The molecule has 1 fully saturated rings. The number of hydrogen-bond donors (Lipinski definition) is 0. The van der Waals surface area contributed by atoms with Gasteiger partial charge in [-0.3, -0.25) is 4.90 Å². The summed E-state index contributed by atoms with van der Waals surface area (Å²) in [6.07, 6.45) is -5.47. The summed E-state index contributed by atoms with van der Waals surface area (Å²) in [5.74, 6) is 0. The Morgan fingerprint density at radius 1 is 1.57 bits per heavy atom. The van der Waals surface area contributed by atoms with Crippen molar-refractivity contribution in [3.05, 3.63) is 0 Å².